The summed E-state index contributed by atoms with van der Waals surface area (Å²) in [7, 11) is 0. The molecule has 0 bridgehead atoms. The maximum absolute atomic E-state index is 12.8. The second-order valence-corrected chi connectivity index (χ2v) is 5.79. The van der Waals surface area contributed by atoms with Gasteiger partial charge in [0.25, 0.3) is 0 Å². The summed E-state index contributed by atoms with van der Waals surface area (Å²) in [6, 6.07) is 9.05. The number of carbonyl (C=O) groups is 1. The monoisotopic (exact) mass is 353 g/mol. The van der Waals surface area contributed by atoms with E-state index in [2.05, 4.69) is 5.32 Å². The van der Waals surface area contributed by atoms with E-state index in [9.17, 15) is 18.0 Å². The Balaban J connectivity index is 2.14. The molecule has 0 saturated heterocycles. The van der Waals surface area contributed by atoms with E-state index in [1.54, 1.807) is 6.07 Å². The fraction of sp³-hybridized carbons (Fsp3) is 0.167. The summed E-state index contributed by atoms with van der Waals surface area (Å²) in [4.78, 5) is 11.9. The van der Waals surface area contributed by atoms with Gasteiger partial charge in [0.1, 0.15) is 0 Å². The second-order valence-electron chi connectivity index (χ2n) is 5.38. The highest BCUT2D eigenvalue weighted by molar-refractivity contribution is 6.31. The molecular formula is C18H15ClF3NO. The van der Waals surface area contributed by atoms with Gasteiger partial charge in [0.05, 0.1) is 10.6 Å². The standard InChI is InChI=1S/C18H15ClF3NO/c1-11-3-7-16(12(2)9-11)23-17(24)8-5-13-4-6-15(19)14(10-13)18(20,21)22/h3-10H,1-2H3,(H,23,24)/b8-5+. The SMILES string of the molecule is Cc1ccc(NC(=O)/C=C/c2ccc(Cl)c(C(F)(F)F)c2)c(C)c1. The quantitative estimate of drug-likeness (QED) is 0.712. The molecule has 2 aromatic carbocycles. The summed E-state index contributed by atoms with van der Waals surface area (Å²) < 4.78 is 38.4. The van der Waals surface area contributed by atoms with Crippen LogP contribution in [0.4, 0.5) is 18.9 Å². The molecule has 0 aliphatic heterocycles. The Morgan fingerprint density at radius 1 is 1.12 bits per heavy atom. The number of benzene rings is 2. The molecule has 0 unspecified atom stereocenters. The van der Waals surface area contributed by atoms with Crippen LogP contribution in [0.3, 0.4) is 0 Å². The average molecular weight is 354 g/mol. The van der Waals surface area contributed by atoms with Gasteiger partial charge < -0.3 is 5.32 Å². The zero-order valence-electron chi connectivity index (χ0n) is 13.0. The number of carbonyl (C=O) groups excluding carboxylic acids is 1. The average Bonchev–Trinajstić information content (AvgIpc) is 2.48. The predicted molar refractivity (Wildman–Crippen MR) is 90.0 cm³/mol. The van der Waals surface area contributed by atoms with Gasteiger partial charge in [0, 0.05) is 11.8 Å². The molecule has 0 heterocycles. The molecule has 0 aliphatic rings. The summed E-state index contributed by atoms with van der Waals surface area (Å²) in [5.74, 6) is -0.425. The number of amides is 1. The second kappa shape index (κ2) is 7.09. The van der Waals surface area contributed by atoms with Crippen molar-refractivity contribution in [3.05, 3.63) is 69.8 Å². The number of anilines is 1. The number of alkyl halides is 3. The van der Waals surface area contributed by atoms with Crippen LogP contribution in [0.5, 0.6) is 0 Å². The molecule has 0 spiro atoms. The maximum Gasteiger partial charge on any atom is 0.417 e. The van der Waals surface area contributed by atoms with Crippen LogP contribution in [0.25, 0.3) is 6.08 Å². The van der Waals surface area contributed by atoms with Crippen LogP contribution in [-0.4, -0.2) is 5.91 Å². The molecule has 0 atom stereocenters. The van der Waals surface area contributed by atoms with Crippen molar-refractivity contribution < 1.29 is 18.0 Å². The van der Waals surface area contributed by atoms with Gasteiger partial charge in [-0.3, -0.25) is 4.79 Å². The molecule has 0 aromatic heterocycles. The number of hydrogen-bond acceptors (Lipinski definition) is 1. The van der Waals surface area contributed by atoms with E-state index in [1.165, 1.54) is 18.2 Å². The van der Waals surface area contributed by atoms with E-state index in [1.807, 2.05) is 26.0 Å². The van der Waals surface area contributed by atoms with Crippen LogP contribution in [0.1, 0.15) is 22.3 Å². The fourth-order valence-electron chi connectivity index (χ4n) is 2.16. The third-order valence-corrected chi connectivity index (χ3v) is 3.69. The Kier molecular flexibility index (Phi) is 5.34. The number of halogens is 4. The number of nitrogens with one attached hydrogen (secondary N) is 1. The third-order valence-electron chi connectivity index (χ3n) is 3.36. The molecule has 24 heavy (non-hydrogen) atoms. The highest BCUT2D eigenvalue weighted by atomic mass is 35.5. The van der Waals surface area contributed by atoms with Crippen LogP contribution >= 0.6 is 11.6 Å². The highest BCUT2D eigenvalue weighted by Gasteiger charge is 2.33. The van der Waals surface area contributed by atoms with Gasteiger partial charge in [-0.25, -0.2) is 0 Å². The van der Waals surface area contributed by atoms with Gasteiger partial charge in [-0.1, -0.05) is 35.4 Å². The van der Waals surface area contributed by atoms with E-state index in [-0.39, 0.29) is 10.6 Å². The van der Waals surface area contributed by atoms with E-state index < -0.39 is 17.6 Å². The van der Waals surface area contributed by atoms with Crippen molar-refractivity contribution in [2.24, 2.45) is 0 Å². The minimum absolute atomic E-state index is 0.238. The minimum Gasteiger partial charge on any atom is -0.322 e. The molecule has 1 amide bonds. The van der Waals surface area contributed by atoms with E-state index in [0.29, 0.717) is 5.69 Å². The zero-order chi connectivity index (χ0) is 17.9. The fourth-order valence-corrected chi connectivity index (χ4v) is 2.39. The zero-order valence-corrected chi connectivity index (χ0v) is 13.8. The molecule has 0 aliphatic carbocycles. The molecule has 1 N–H and O–H groups in total. The molecule has 0 saturated carbocycles. The lowest BCUT2D eigenvalue weighted by atomic mass is 10.1. The normalized spacial score (nSPS) is 11.8. The van der Waals surface area contributed by atoms with E-state index >= 15 is 0 Å². The molecule has 126 valence electrons. The number of aryl methyl sites for hydroxylation is 2. The van der Waals surface area contributed by atoms with Crippen molar-refractivity contribution in [1.82, 2.24) is 0 Å². The first-order chi connectivity index (χ1) is 11.2. The van der Waals surface area contributed by atoms with Crippen molar-refractivity contribution in [2.45, 2.75) is 20.0 Å². The summed E-state index contributed by atoms with van der Waals surface area (Å²) in [6.45, 7) is 3.80. The van der Waals surface area contributed by atoms with Gasteiger partial charge in [-0.05, 0) is 49.2 Å². The van der Waals surface area contributed by atoms with E-state index in [0.717, 1.165) is 23.3 Å². The summed E-state index contributed by atoms with van der Waals surface area (Å²) in [5.41, 5.74) is 1.94. The molecule has 6 heteroatoms. The first kappa shape index (κ1) is 18.1. The molecule has 0 fully saturated rings. The Labute approximate surface area is 142 Å². The smallest absolute Gasteiger partial charge is 0.322 e. The van der Waals surface area contributed by atoms with Gasteiger partial charge in [0.15, 0.2) is 0 Å². The Morgan fingerprint density at radius 3 is 2.46 bits per heavy atom. The van der Waals surface area contributed by atoms with Crippen molar-refractivity contribution in [3.63, 3.8) is 0 Å². The lowest BCUT2D eigenvalue weighted by Gasteiger charge is -2.09. The van der Waals surface area contributed by atoms with E-state index in [4.69, 9.17) is 11.6 Å². The van der Waals surface area contributed by atoms with Gasteiger partial charge in [-0.15, -0.1) is 0 Å². The van der Waals surface area contributed by atoms with Crippen LogP contribution in [-0.2, 0) is 11.0 Å². The Morgan fingerprint density at radius 2 is 1.83 bits per heavy atom. The topological polar surface area (TPSA) is 29.1 Å². The lowest BCUT2D eigenvalue weighted by Crippen LogP contribution is -2.09. The van der Waals surface area contributed by atoms with Gasteiger partial charge in [0.2, 0.25) is 5.91 Å². The molecule has 2 nitrogen and oxygen atoms in total. The summed E-state index contributed by atoms with van der Waals surface area (Å²) in [6.07, 6.45) is -2.05. The van der Waals surface area contributed by atoms with Crippen LogP contribution in [0.15, 0.2) is 42.5 Å². The highest BCUT2D eigenvalue weighted by Crippen LogP contribution is 2.35. The van der Waals surface area contributed by atoms with Crippen molar-refractivity contribution >= 4 is 29.3 Å². The lowest BCUT2D eigenvalue weighted by molar-refractivity contribution is -0.137. The summed E-state index contributed by atoms with van der Waals surface area (Å²) >= 11 is 5.56. The van der Waals surface area contributed by atoms with Crippen LogP contribution in [0.2, 0.25) is 5.02 Å². The first-order valence-electron chi connectivity index (χ1n) is 7.10. The maximum atomic E-state index is 12.8. The van der Waals surface area contributed by atoms with Crippen molar-refractivity contribution in [3.8, 4) is 0 Å². The number of rotatable bonds is 3. The Hall–Kier alpha value is -2.27. The largest absolute Gasteiger partial charge is 0.417 e. The number of hydrogen-bond donors (Lipinski definition) is 1. The first-order valence-corrected chi connectivity index (χ1v) is 7.47. The molecule has 0 radical (unpaired) electrons. The van der Waals surface area contributed by atoms with Crippen molar-refractivity contribution in [2.75, 3.05) is 5.32 Å². The Bertz CT molecular complexity index is 797. The van der Waals surface area contributed by atoms with Gasteiger partial charge >= 0.3 is 6.18 Å². The van der Waals surface area contributed by atoms with Gasteiger partial charge in [-0.2, -0.15) is 13.2 Å². The predicted octanol–water partition coefficient (Wildman–Crippen LogP) is 5.63. The van der Waals surface area contributed by atoms with Crippen LogP contribution < -0.4 is 5.32 Å². The van der Waals surface area contributed by atoms with Crippen LogP contribution in [0, 0.1) is 13.8 Å². The minimum atomic E-state index is -4.54. The molecule has 2 aromatic rings. The third kappa shape index (κ3) is 4.61. The van der Waals surface area contributed by atoms with Crippen molar-refractivity contribution in [1.29, 1.82) is 0 Å². The molecular weight excluding hydrogens is 339 g/mol. The summed E-state index contributed by atoms with van der Waals surface area (Å²) in [5, 5.41) is 2.31. The molecule has 2 rings (SSSR count).